The summed E-state index contributed by atoms with van der Waals surface area (Å²) in [6, 6.07) is 10.3. The number of fused-ring (bicyclic) bond motifs is 2. The second-order valence-electron chi connectivity index (χ2n) is 5.55. The Hall–Kier alpha value is -1.39. The Bertz CT molecular complexity index is 448. The lowest BCUT2D eigenvalue weighted by atomic mass is 9.56. The van der Waals surface area contributed by atoms with Gasteiger partial charge in [-0.25, -0.2) is 0 Å². The largest absolute Gasteiger partial charge is 0.480 e. The number of carboxylic acids is 1. The molecule has 0 amide bonds. The summed E-state index contributed by atoms with van der Waals surface area (Å²) in [5.41, 5.74) is 6.33. The molecule has 1 saturated carbocycles. The van der Waals surface area contributed by atoms with E-state index < -0.39 is 11.5 Å². The molecule has 1 aromatic carbocycles. The van der Waals surface area contributed by atoms with Crippen LogP contribution in [0, 0.1) is 11.8 Å². The third-order valence-corrected chi connectivity index (χ3v) is 4.50. The van der Waals surface area contributed by atoms with E-state index in [0.717, 1.165) is 26.1 Å². The fourth-order valence-electron chi connectivity index (χ4n) is 3.38. The summed E-state index contributed by atoms with van der Waals surface area (Å²) in [5, 5.41) is 9.23. The summed E-state index contributed by atoms with van der Waals surface area (Å²) < 4.78 is 0. The molecule has 0 radical (unpaired) electrons. The van der Waals surface area contributed by atoms with Gasteiger partial charge in [0.1, 0.15) is 5.54 Å². The molecule has 2 heterocycles. The van der Waals surface area contributed by atoms with Crippen LogP contribution in [0.15, 0.2) is 30.3 Å². The van der Waals surface area contributed by atoms with E-state index in [1.54, 1.807) is 0 Å². The molecule has 0 aromatic heterocycles. The molecule has 3 fully saturated rings. The van der Waals surface area contributed by atoms with E-state index in [-0.39, 0.29) is 11.8 Å². The van der Waals surface area contributed by atoms with Gasteiger partial charge in [-0.3, -0.25) is 9.69 Å². The molecule has 2 unspecified atom stereocenters. The van der Waals surface area contributed by atoms with Gasteiger partial charge in [0, 0.05) is 31.5 Å². The normalized spacial score (nSPS) is 34.9. The van der Waals surface area contributed by atoms with Gasteiger partial charge in [0.2, 0.25) is 0 Å². The van der Waals surface area contributed by atoms with E-state index in [9.17, 15) is 9.90 Å². The number of nitrogens with zero attached hydrogens (tertiary/aromatic N) is 1. The molecule has 0 spiro atoms. The SMILES string of the molecule is NC1(C(=O)O)C2CC1CN(Cc1ccccc1)C2. The first-order chi connectivity index (χ1) is 8.60. The molecule has 3 aliphatic rings. The number of piperidine rings is 2. The highest BCUT2D eigenvalue weighted by Gasteiger charge is 2.61. The number of rotatable bonds is 3. The van der Waals surface area contributed by atoms with Crippen LogP contribution in [0.1, 0.15) is 12.0 Å². The molecule has 3 N–H and O–H groups in total. The number of carbonyl (C=O) groups is 1. The highest BCUT2D eigenvalue weighted by Crippen LogP contribution is 2.47. The van der Waals surface area contributed by atoms with Crippen molar-refractivity contribution in [2.75, 3.05) is 13.1 Å². The fraction of sp³-hybridized carbons (Fsp3) is 0.500. The zero-order chi connectivity index (χ0) is 12.8. The van der Waals surface area contributed by atoms with Crippen molar-refractivity contribution < 1.29 is 9.90 Å². The average Bonchev–Trinajstić information content (AvgIpc) is 2.38. The highest BCUT2D eigenvalue weighted by molar-refractivity contribution is 5.81. The van der Waals surface area contributed by atoms with Crippen molar-refractivity contribution in [3.63, 3.8) is 0 Å². The molecule has 96 valence electrons. The van der Waals surface area contributed by atoms with Crippen LogP contribution in [0.25, 0.3) is 0 Å². The first kappa shape index (κ1) is 11.7. The van der Waals surface area contributed by atoms with Gasteiger partial charge in [0.15, 0.2) is 0 Å². The zero-order valence-corrected chi connectivity index (χ0v) is 10.2. The third kappa shape index (κ3) is 1.64. The van der Waals surface area contributed by atoms with E-state index in [4.69, 9.17) is 5.73 Å². The zero-order valence-electron chi connectivity index (χ0n) is 10.2. The van der Waals surface area contributed by atoms with Gasteiger partial charge in [-0.05, 0) is 12.0 Å². The molecule has 2 bridgehead atoms. The van der Waals surface area contributed by atoms with E-state index in [0.29, 0.717) is 0 Å². The number of carboxylic acid groups (broad SMARTS) is 1. The van der Waals surface area contributed by atoms with Crippen LogP contribution < -0.4 is 5.73 Å². The predicted octanol–water partition coefficient (Wildman–Crippen LogP) is 0.920. The minimum atomic E-state index is -0.965. The molecule has 2 aliphatic heterocycles. The standard InChI is InChI=1S/C14H18N2O2/c15-14(13(17)18)11-6-12(14)9-16(8-11)7-10-4-2-1-3-5-10/h1-5,11-12H,6-9,15H2,(H,17,18). The van der Waals surface area contributed by atoms with Crippen LogP contribution in [-0.4, -0.2) is 34.6 Å². The predicted molar refractivity (Wildman–Crippen MR) is 67.9 cm³/mol. The minimum absolute atomic E-state index is 0.109. The lowest BCUT2D eigenvalue weighted by molar-refractivity contribution is -0.165. The Morgan fingerprint density at radius 1 is 1.33 bits per heavy atom. The Labute approximate surface area is 106 Å². The first-order valence-electron chi connectivity index (χ1n) is 6.39. The van der Waals surface area contributed by atoms with Crippen molar-refractivity contribution in [1.29, 1.82) is 0 Å². The Balaban J connectivity index is 1.66. The monoisotopic (exact) mass is 246 g/mol. The van der Waals surface area contributed by atoms with Crippen molar-refractivity contribution >= 4 is 5.97 Å². The number of hydrogen-bond donors (Lipinski definition) is 2. The van der Waals surface area contributed by atoms with Crippen molar-refractivity contribution in [3.05, 3.63) is 35.9 Å². The van der Waals surface area contributed by atoms with Crippen molar-refractivity contribution in [1.82, 2.24) is 4.90 Å². The number of benzene rings is 1. The van der Waals surface area contributed by atoms with Crippen molar-refractivity contribution in [3.8, 4) is 0 Å². The van der Waals surface area contributed by atoms with Gasteiger partial charge in [-0.2, -0.15) is 0 Å². The van der Waals surface area contributed by atoms with Gasteiger partial charge in [-0.15, -0.1) is 0 Å². The molecular weight excluding hydrogens is 228 g/mol. The van der Waals surface area contributed by atoms with Crippen LogP contribution >= 0.6 is 0 Å². The smallest absolute Gasteiger partial charge is 0.324 e. The molecule has 1 aliphatic carbocycles. The average molecular weight is 246 g/mol. The van der Waals surface area contributed by atoms with Crippen molar-refractivity contribution in [2.24, 2.45) is 17.6 Å². The number of hydrogen-bond acceptors (Lipinski definition) is 3. The quantitative estimate of drug-likeness (QED) is 0.832. The number of nitrogens with two attached hydrogens (primary N) is 1. The maximum Gasteiger partial charge on any atom is 0.324 e. The van der Waals surface area contributed by atoms with E-state index in [1.807, 2.05) is 18.2 Å². The Morgan fingerprint density at radius 2 is 1.94 bits per heavy atom. The topological polar surface area (TPSA) is 66.6 Å². The summed E-state index contributed by atoms with van der Waals surface area (Å²) >= 11 is 0. The van der Waals surface area contributed by atoms with Gasteiger partial charge in [0.05, 0.1) is 0 Å². The molecule has 18 heavy (non-hydrogen) atoms. The van der Waals surface area contributed by atoms with E-state index in [2.05, 4.69) is 17.0 Å². The maximum absolute atomic E-state index is 11.2. The van der Waals surface area contributed by atoms with Crippen LogP contribution in [0.4, 0.5) is 0 Å². The Morgan fingerprint density at radius 3 is 2.50 bits per heavy atom. The van der Waals surface area contributed by atoms with Crippen molar-refractivity contribution in [2.45, 2.75) is 18.5 Å². The van der Waals surface area contributed by atoms with Gasteiger partial charge >= 0.3 is 5.97 Å². The molecule has 4 rings (SSSR count). The summed E-state index contributed by atoms with van der Waals surface area (Å²) in [5.74, 6) is -0.613. The second kappa shape index (κ2) is 4.07. The third-order valence-electron chi connectivity index (χ3n) is 4.50. The van der Waals surface area contributed by atoms with Crippen LogP contribution in [0.3, 0.4) is 0 Å². The van der Waals surface area contributed by atoms with Crippen LogP contribution in [0.5, 0.6) is 0 Å². The molecule has 4 heteroatoms. The highest BCUT2D eigenvalue weighted by atomic mass is 16.4. The fourth-order valence-corrected chi connectivity index (χ4v) is 3.38. The molecule has 1 aromatic rings. The van der Waals surface area contributed by atoms with E-state index in [1.165, 1.54) is 5.56 Å². The summed E-state index contributed by atoms with van der Waals surface area (Å²) in [4.78, 5) is 13.6. The van der Waals surface area contributed by atoms with E-state index >= 15 is 0 Å². The maximum atomic E-state index is 11.2. The molecule has 2 atom stereocenters. The summed E-state index contributed by atoms with van der Waals surface area (Å²) in [6.45, 7) is 2.49. The molecule has 2 saturated heterocycles. The molecule has 4 nitrogen and oxygen atoms in total. The second-order valence-corrected chi connectivity index (χ2v) is 5.55. The van der Waals surface area contributed by atoms with Gasteiger partial charge in [-0.1, -0.05) is 30.3 Å². The summed E-state index contributed by atoms with van der Waals surface area (Å²) in [7, 11) is 0. The first-order valence-corrected chi connectivity index (χ1v) is 6.39. The summed E-state index contributed by atoms with van der Waals surface area (Å²) in [6.07, 6.45) is 0.966. The van der Waals surface area contributed by atoms with Gasteiger partial charge < -0.3 is 10.8 Å². The number of aliphatic carboxylic acids is 1. The van der Waals surface area contributed by atoms with Crippen LogP contribution in [-0.2, 0) is 11.3 Å². The lowest BCUT2D eigenvalue weighted by Crippen LogP contribution is -2.74. The van der Waals surface area contributed by atoms with Gasteiger partial charge in [0.25, 0.3) is 0 Å². The molecular formula is C14H18N2O2. The van der Waals surface area contributed by atoms with Crippen LogP contribution in [0.2, 0.25) is 0 Å². The lowest BCUT2D eigenvalue weighted by Gasteiger charge is -2.58. The Kier molecular flexibility index (Phi) is 2.64. The minimum Gasteiger partial charge on any atom is -0.480 e.